The largest absolute Gasteiger partial charge is 0.467 e. The molecule has 0 spiro atoms. The van der Waals surface area contributed by atoms with Crippen molar-refractivity contribution in [3.05, 3.63) is 48.0 Å². The first kappa shape index (κ1) is 13.1. The van der Waals surface area contributed by atoms with E-state index in [4.69, 9.17) is 10.5 Å². The Morgan fingerprint density at radius 1 is 1.42 bits per heavy atom. The lowest BCUT2D eigenvalue weighted by Gasteiger charge is -2.14. The minimum Gasteiger partial charge on any atom is -0.467 e. The van der Waals surface area contributed by atoms with Crippen LogP contribution in [0.3, 0.4) is 0 Å². The molecule has 5 heteroatoms. The molecule has 1 aromatic heterocycles. The van der Waals surface area contributed by atoms with Crippen LogP contribution >= 0.6 is 0 Å². The van der Waals surface area contributed by atoms with E-state index in [9.17, 15) is 4.79 Å². The molecule has 0 saturated carbocycles. The first-order valence-corrected chi connectivity index (χ1v) is 6.05. The van der Waals surface area contributed by atoms with E-state index in [-0.39, 0.29) is 12.0 Å². The molecule has 0 saturated heterocycles. The number of nitrogens with zero attached hydrogens (tertiary/aromatic N) is 2. The van der Waals surface area contributed by atoms with Crippen LogP contribution in [0.15, 0.2) is 36.7 Å². The van der Waals surface area contributed by atoms with Gasteiger partial charge < -0.3 is 15.0 Å². The van der Waals surface area contributed by atoms with E-state index in [1.165, 1.54) is 7.11 Å². The number of carbonyl (C=O) groups excluding carboxylic acids is 1. The van der Waals surface area contributed by atoms with Gasteiger partial charge in [-0.05, 0) is 24.6 Å². The normalized spacial score (nSPS) is 12.1. The minimum absolute atomic E-state index is 0.281. The number of nitrogens with two attached hydrogens (primary N) is 1. The van der Waals surface area contributed by atoms with Gasteiger partial charge in [-0.3, -0.25) is 0 Å². The van der Waals surface area contributed by atoms with Crippen molar-refractivity contribution in [2.75, 3.05) is 12.8 Å². The monoisotopic (exact) mass is 259 g/mol. The maximum absolute atomic E-state index is 11.6. The van der Waals surface area contributed by atoms with Gasteiger partial charge in [0.2, 0.25) is 0 Å². The molecule has 1 unspecified atom stereocenters. The van der Waals surface area contributed by atoms with Gasteiger partial charge in [0, 0.05) is 24.5 Å². The molecule has 100 valence electrons. The Morgan fingerprint density at radius 2 is 2.11 bits per heavy atom. The highest BCUT2D eigenvalue weighted by atomic mass is 16.5. The Labute approximate surface area is 112 Å². The lowest BCUT2D eigenvalue weighted by Crippen LogP contribution is -2.19. The van der Waals surface area contributed by atoms with Gasteiger partial charge in [-0.25, -0.2) is 9.78 Å². The first-order chi connectivity index (χ1) is 9.11. The molecule has 0 bridgehead atoms. The number of aromatic nitrogens is 2. The molecule has 2 aromatic rings. The quantitative estimate of drug-likeness (QED) is 0.671. The van der Waals surface area contributed by atoms with Crippen molar-refractivity contribution >= 4 is 11.7 Å². The fraction of sp³-hybridized carbons (Fsp3) is 0.286. The van der Waals surface area contributed by atoms with Crippen LogP contribution in [0.4, 0.5) is 5.69 Å². The molecule has 1 aromatic carbocycles. The smallest absolute Gasteiger partial charge is 0.328 e. The van der Waals surface area contributed by atoms with Crippen molar-refractivity contribution in [1.29, 1.82) is 0 Å². The van der Waals surface area contributed by atoms with Crippen LogP contribution in [0.25, 0.3) is 0 Å². The third kappa shape index (κ3) is 2.93. The predicted molar refractivity (Wildman–Crippen MR) is 72.6 cm³/mol. The van der Waals surface area contributed by atoms with E-state index >= 15 is 0 Å². The topological polar surface area (TPSA) is 70.1 Å². The lowest BCUT2D eigenvalue weighted by molar-refractivity contribution is -0.144. The van der Waals surface area contributed by atoms with E-state index in [1.807, 2.05) is 28.8 Å². The van der Waals surface area contributed by atoms with Gasteiger partial charge in [-0.15, -0.1) is 0 Å². The number of carbonyl (C=O) groups is 1. The summed E-state index contributed by atoms with van der Waals surface area (Å²) in [6.07, 6.45) is 4.12. The molecular formula is C14H17N3O2. The van der Waals surface area contributed by atoms with Crippen LogP contribution in [0.1, 0.15) is 24.4 Å². The summed E-state index contributed by atoms with van der Waals surface area (Å²) in [6, 6.07) is 7.24. The molecule has 0 radical (unpaired) electrons. The molecule has 2 rings (SSSR count). The van der Waals surface area contributed by atoms with E-state index in [0.29, 0.717) is 6.42 Å². The number of nitrogen functional groups attached to an aromatic ring is 1. The van der Waals surface area contributed by atoms with Gasteiger partial charge >= 0.3 is 5.97 Å². The second-order valence-electron chi connectivity index (χ2n) is 4.37. The summed E-state index contributed by atoms with van der Waals surface area (Å²) in [5.74, 6) is 0.541. The zero-order valence-electron chi connectivity index (χ0n) is 11.0. The van der Waals surface area contributed by atoms with Crippen LogP contribution in [-0.4, -0.2) is 22.6 Å². The number of benzene rings is 1. The van der Waals surface area contributed by atoms with Gasteiger partial charge in [0.25, 0.3) is 0 Å². The Bertz CT molecular complexity index is 560. The van der Waals surface area contributed by atoms with Crippen molar-refractivity contribution in [2.24, 2.45) is 0 Å². The highest BCUT2D eigenvalue weighted by Gasteiger charge is 2.18. The molecule has 2 N–H and O–H groups in total. The number of rotatable bonds is 4. The van der Waals surface area contributed by atoms with Crippen molar-refractivity contribution in [2.45, 2.75) is 19.4 Å². The molecule has 0 aliphatic carbocycles. The minimum atomic E-state index is -0.378. The molecule has 1 heterocycles. The average Bonchev–Trinajstić information content (AvgIpc) is 2.87. The number of hydrogen-bond donors (Lipinski definition) is 1. The van der Waals surface area contributed by atoms with Gasteiger partial charge in [0.1, 0.15) is 11.9 Å². The number of methoxy groups -OCH3 is 1. The third-order valence-corrected chi connectivity index (χ3v) is 3.05. The molecule has 0 amide bonds. The highest BCUT2D eigenvalue weighted by molar-refractivity contribution is 5.73. The second-order valence-corrected chi connectivity index (χ2v) is 4.37. The highest BCUT2D eigenvalue weighted by Crippen LogP contribution is 2.15. The molecule has 1 atom stereocenters. The van der Waals surface area contributed by atoms with Crippen molar-refractivity contribution in [3.8, 4) is 0 Å². The van der Waals surface area contributed by atoms with E-state index in [1.54, 1.807) is 19.3 Å². The standard InChI is InChI=1S/C14H17N3O2/c1-10(14(18)19-2)17-8-7-16-13(17)9-11-3-5-12(15)6-4-11/h3-8,10H,9,15H2,1-2H3. The predicted octanol–water partition coefficient (Wildman–Crippen LogP) is 1.79. The number of imidazole rings is 1. The Morgan fingerprint density at radius 3 is 2.74 bits per heavy atom. The zero-order valence-corrected chi connectivity index (χ0v) is 11.0. The van der Waals surface area contributed by atoms with Crippen molar-refractivity contribution in [3.63, 3.8) is 0 Å². The number of esters is 1. The van der Waals surface area contributed by atoms with Crippen molar-refractivity contribution < 1.29 is 9.53 Å². The molecule has 5 nitrogen and oxygen atoms in total. The summed E-state index contributed by atoms with van der Waals surface area (Å²) in [4.78, 5) is 15.9. The zero-order chi connectivity index (χ0) is 13.8. The summed E-state index contributed by atoms with van der Waals surface area (Å²) in [5.41, 5.74) is 7.48. The fourth-order valence-corrected chi connectivity index (χ4v) is 1.94. The number of ether oxygens (including phenoxy) is 1. The SMILES string of the molecule is COC(=O)C(C)n1ccnc1Cc1ccc(N)cc1. The van der Waals surface area contributed by atoms with Gasteiger partial charge in [0.15, 0.2) is 0 Å². The lowest BCUT2D eigenvalue weighted by atomic mass is 10.1. The molecule has 0 fully saturated rings. The van der Waals surface area contributed by atoms with E-state index < -0.39 is 0 Å². The Balaban J connectivity index is 2.20. The third-order valence-electron chi connectivity index (χ3n) is 3.05. The summed E-state index contributed by atoms with van der Waals surface area (Å²) < 4.78 is 6.57. The fourth-order valence-electron chi connectivity index (χ4n) is 1.94. The van der Waals surface area contributed by atoms with Gasteiger partial charge in [-0.2, -0.15) is 0 Å². The van der Waals surface area contributed by atoms with E-state index in [0.717, 1.165) is 17.1 Å². The summed E-state index contributed by atoms with van der Waals surface area (Å²) in [6.45, 7) is 1.79. The van der Waals surface area contributed by atoms with Crippen LogP contribution < -0.4 is 5.73 Å². The van der Waals surface area contributed by atoms with Crippen LogP contribution in [0.5, 0.6) is 0 Å². The number of hydrogen-bond acceptors (Lipinski definition) is 4. The molecule has 0 aliphatic rings. The molecule has 0 aliphatic heterocycles. The molecular weight excluding hydrogens is 242 g/mol. The van der Waals surface area contributed by atoms with Crippen LogP contribution in [0, 0.1) is 0 Å². The average molecular weight is 259 g/mol. The maximum Gasteiger partial charge on any atom is 0.328 e. The van der Waals surface area contributed by atoms with E-state index in [2.05, 4.69) is 4.98 Å². The van der Waals surface area contributed by atoms with Crippen molar-refractivity contribution in [1.82, 2.24) is 9.55 Å². The summed E-state index contributed by atoms with van der Waals surface area (Å²) in [7, 11) is 1.38. The Hall–Kier alpha value is -2.30. The van der Waals surface area contributed by atoms with Crippen LogP contribution in [0.2, 0.25) is 0 Å². The Kier molecular flexibility index (Phi) is 3.85. The van der Waals surface area contributed by atoms with Crippen LogP contribution in [-0.2, 0) is 16.0 Å². The first-order valence-electron chi connectivity index (χ1n) is 6.05. The number of anilines is 1. The summed E-state index contributed by atoms with van der Waals surface area (Å²) >= 11 is 0. The molecule has 19 heavy (non-hydrogen) atoms. The second kappa shape index (κ2) is 5.56. The maximum atomic E-state index is 11.6. The van der Waals surface area contributed by atoms with Gasteiger partial charge in [0.05, 0.1) is 7.11 Å². The summed E-state index contributed by atoms with van der Waals surface area (Å²) in [5, 5.41) is 0. The van der Waals surface area contributed by atoms with Gasteiger partial charge in [-0.1, -0.05) is 12.1 Å².